The zero-order valence-corrected chi connectivity index (χ0v) is 11.3. The molecule has 0 aliphatic heterocycles. The topological polar surface area (TPSA) is 66.8 Å². The number of hydrogen-bond donors (Lipinski definition) is 1. The second-order valence-electron chi connectivity index (χ2n) is 4.06. The van der Waals surface area contributed by atoms with Crippen LogP contribution in [-0.2, 0) is 16.0 Å². The molecule has 0 saturated carbocycles. The van der Waals surface area contributed by atoms with Crippen LogP contribution in [0.4, 0.5) is 0 Å². The largest absolute Gasteiger partial charge is 0.494 e. The lowest BCUT2D eigenvalue weighted by molar-refractivity contribution is -0.144. The number of aliphatic carboxylic acids is 1. The first-order valence-electron chi connectivity index (χ1n) is 6.28. The summed E-state index contributed by atoms with van der Waals surface area (Å²) in [4.78, 5) is 23.9. The molecule has 0 aliphatic carbocycles. The lowest BCUT2D eigenvalue weighted by Gasteiger charge is -2.18. The SMILES string of the molecule is CCOc1ccc(CC(=O)N(CC)CC(=O)O)cc1. The van der Waals surface area contributed by atoms with E-state index in [1.54, 1.807) is 19.1 Å². The molecule has 5 heteroatoms. The molecule has 0 saturated heterocycles. The molecule has 1 N–H and O–H groups in total. The molecule has 0 spiro atoms. The number of amides is 1. The third-order valence-electron chi connectivity index (χ3n) is 2.65. The van der Waals surface area contributed by atoms with Gasteiger partial charge in [-0.15, -0.1) is 0 Å². The van der Waals surface area contributed by atoms with Crippen LogP contribution in [0.5, 0.6) is 5.75 Å². The van der Waals surface area contributed by atoms with Gasteiger partial charge in [0, 0.05) is 6.54 Å². The molecular formula is C14H19NO4. The molecule has 0 unspecified atom stereocenters. The van der Waals surface area contributed by atoms with E-state index in [0.717, 1.165) is 11.3 Å². The summed E-state index contributed by atoms with van der Waals surface area (Å²) in [6, 6.07) is 7.24. The van der Waals surface area contributed by atoms with Crippen molar-refractivity contribution in [1.29, 1.82) is 0 Å². The molecule has 0 heterocycles. The quantitative estimate of drug-likeness (QED) is 0.812. The summed E-state index contributed by atoms with van der Waals surface area (Å²) in [5, 5.41) is 8.72. The molecule has 19 heavy (non-hydrogen) atoms. The number of nitrogens with zero attached hydrogens (tertiary/aromatic N) is 1. The van der Waals surface area contributed by atoms with Crippen molar-refractivity contribution in [2.75, 3.05) is 19.7 Å². The van der Waals surface area contributed by atoms with Gasteiger partial charge in [0.05, 0.1) is 13.0 Å². The summed E-state index contributed by atoms with van der Waals surface area (Å²) < 4.78 is 5.31. The van der Waals surface area contributed by atoms with E-state index in [-0.39, 0.29) is 18.9 Å². The van der Waals surface area contributed by atoms with Crippen LogP contribution in [0.1, 0.15) is 19.4 Å². The van der Waals surface area contributed by atoms with Gasteiger partial charge < -0.3 is 14.7 Å². The highest BCUT2D eigenvalue weighted by atomic mass is 16.5. The minimum atomic E-state index is -0.998. The Morgan fingerprint density at radius 2 is 1.84 bits per heavy atom. The van der Waals surface area contributed by atoms with Gasteiger partial charge in [0.15, 0.2) is 0 Å². The van der Waals surface area contributed by atoms with E-state index in [0.29, 0.717) is 13.2 Å². The van der Waals surface area contributed by atoms with Gasteiger partial charge in [-0.05, 0) is 31.5 Å². The first kappa shape index (κ1) is 15.0. The molecular weight excluding hydrogens is 246 g/mol. The van der Waals surface area contributed by atoms with Gasteiger partial charge in [-0.2, -0.15) is 0 Å². The van der Waals surface area contributed by atoms with Crippen LogP contribution in [0.25, 0.3) is 0 Å². The van der Waals surface area contributed by atoms with Gasteiger partial charge >= 0.3 is 5.97 Å². The van der Waals surface area contributed by atoms with Crippen LogP contribution in [0.2, 0.25) is 0 Å². The molecule has 1 amide bonds. The van der Waals surface area contributed by atoms with E-state index in [9.17, 15) is 9.59 Å². The molecule has 1 rings (SSSR count). The first-order valence-corrected chi connectivity index (χ1v) is 6.28. The van der Waals surface area contributed by atoms with E-state index < -0.39 is 5.97 Å². The predicted molar refractivity (Wildman–Crippen MR) is 71.2 cm³/mol. The van der Waals surface area contributed by atoms with E-state index >= 15 is 0 Å². The Bertz CT molecular complexity index is 428. The maximum atomic E-state index is 11.9. The molecule has 0 bridgehead atoms. The van der Waals surface area contributed by atoms with E-state index in [1.165, 1.54) is 4.90 Å². The molecule has 5 nitrogen and oxygen atoms in total. The first-order chi connectivity index (χ1) is 9.06. The summed E-state index contributed by atoms with van der Waals surface area (Å²) in [5.41, 5.74) is 0.845. The number of carboxylic acid groups (broad SMARTS) is 1. The third-order valence-corrected chi connectivity index (χ3v) is 2.65. The Balaban J connectivity index is 2.62. The van der Waals surface area contributed by atoms with Crippen LogP contribution < -0.4 is 4.74 Å². The van der Waals surface area contributed by atoms with Gasteiger partial charge in [0.1, 0.15) is 12.3 Å². The van der Waals surface area contributed by atoms with Crippen molar-refractivity contribution < 1.29 is 19.4 Å². The summed E-state index contributed by atoms with van der Waals surface area (Å²) in [6.07, 6.45) is 0.202. The fraction of sp³-hybridized carbons (Fsp3) is 0.429. The summed E-state index contributed by atoms with van der Waals surface area (Å²) in [7, 11) is 0. The highest BCUT2D eigenvalue weighted by molar-refractivity contribution is 5.83. The zero-order chi connectivity index (χ0) is 14.3. The van der Waals surface area contributed by atoms with Crippen molar-refractivity contribution in [3.05, 3.63) is 29.8 Å². The number of rotatable bonds is 7. The van der Waals surface area contributed by atoms with Gasteiger partial charge in [-0.3, -0.25) is 9.59 Å². The Hall–Kier alpha value is -2.04. The third kappa shape index (κ3) is 4.99. The molecule has 0 fully saturated rings. The number of ether oxygens (including phenoxy) is 1. The Morgan fingerprint density at radius 3 is 2.32 bits per heavy atom. The van der Waals surface area contributed by atoms with Gasteiger partial charge in [-0.25, -0.2) is 0 Å². The average molecular weight is 265 g/mol. The van der Waals surface area contributed by atoms with Crippen LogP contribution in [0.3, 0.4) is 0 Å². The van der Waals surface area contributed by atoms with Crippen molar-refractivity contribution in [3.8, 4) is 5.75 Å². The maximum absolute atomic E-state index is 11.9. The standard InChI is InChI=1S/C14H19NO4/c1-3-15(10-14(17)18)13(16)9-11-5-7-12(8-6-11)19-4-2/h5-8H,3-4,9-10H2,1-2H3,(H,17,18). The van der Waals surface area contributed by atoms with Gasteiger partial charge in [-0.1, -0.05) is 12.1 Å². The van der Waals surface area contributed by atoms with Crippen molar-refractivity contribution >= 4 is 11.9 Å². The van der Waals surface area contributed by atoms with Crippen LogP contribution in [-0.4, -0.2) is 41.6 Å². The van der Waals surface area contributed by atoms with Crippen molar-refractivity contribution in [1.82, 2.24) is 4.90 Å². The van der Waals surface area contributed by atoms with Gasteiger partial charge in [0.2, 0.25) is 5.91 Å². The van der Waals surface area contributed by atoms with E-state index in [1.807, 2.05) is 19.1 Å². The number of carbonyl (C=O) groups excluding carboxylic acids is 1. The minimum Gasteiger partial charge on any atom is -0.494 e. The molecule has 0 aliphatic rings. The zero-order valence-electron chi connectivity index (χ0n) is 11.3. The van der Waals surface area contributed by atoms with E-state index in [4.69, 9.17) is 9.84 Å². The second kappa shape index (κ2) is 7.41. The monoisotopic (exact) mass is 265 g/mol. The fourth-order valence-electron chi connectivity index (χ4n) is 1.70. The number of carbonyl (C=O) groups is 2. The molecule has 1 aromatic rings. The normalized spacial score (nSPS) is 10.0. The molecule has 0 radical (unpaired) electrons. The van der Waals surface area contributed by atoms with Crippen LogP contribution >= 0.6 is 0 Å². The second-order valence-corrected chi connectivity index (χ2v) is 4.06. The lowest BCUT2D eigenvalue weighted by atomic mass is 10.1. The van der Waals surface area contributed by atoms with E-state index in [2.05, 4.69) is 0 Å². The van der Waals surface area contributed by atoms with Crippen molar-refractivity contribution in [3.63, 3.8) is 0 Å². The summed E-state index contributed by atoms with van der Waals surface area (Å²) in [6.45, 7) is 4.40. The molecule has 0 aromatic heterocycles. The predicted octanol–water partition coefficient (Wildman–Crippen LogP) is 1.56. The molecule has 1 aromatic carbocycles. The summed E-state index contributed by atoms with van der Waals surface area (Å²) in [5.74, 6) is -0.424. The minimum absolute atomic E-state index is 0.186. The molecule has 104 valence electrons. The smallest absolute Gasteiger partial charge is 0.323 e. The number of hydrogen-bond acceptors (Lipinski definition) is 3. The van der Waals surface area contributed by atoms with Gasteiger partial charge in [0.25, 0.3) is 0 Å². The highest BCUT2D eigenvalue weighted by Crippen LogP contribution is 2.13. The van der Waals surface area contributed by atoms with Crippen molar-refractivity contribution in [2.45, 2.75) is 20.3 Å². The lowest BCUT2D eigenvalue weighted by Crippen LogP contribution is -2.36. The summed E-state index contributed by atoms with van der Waals surface area (Å²) >= 11 is 0. The average Bonchev–Trinajstić information content (AvgIpc) is 2.38. The van der Waals surface area contributed by atoms with Crippen LogP contribution in [0, 0.1) is 0 Å². The number of carboxylic acids is 1. The molecule has 0 atom stereocenters. The van der Waals surface area contributed by atoms with Crippen LogP contribution in [0.15, 0.2) is 24.3 Å². The fourth-order valence-corrected chi connectivity index (χ4v) is 1.70. The number of likely N-dealkylation sites (N-methyl/N-ethyl adjacent to an activating group) is 1. The number of benzene rings is 1. The maximum Gasteiger partial charge on any atom is 0.323 e. The Labute approximate surface area is 112 Å². The van der Waals surface area contributed by atoms with Crippen molar-refractivity contribution in [2.24, 2.45) is 0 Å². The Morgan fingerprint density at radius 1 is 1.21 bits per heavy atom. The Kier molecular flexibility index (Phi) is 5.85. The highest BCUT2D eigenvalue weighted by Gasteiger charge is 2.15.